The molecule has 0 saturated carbocycles. The number of ether oxygens (including phenoxy) is 2. The van der Waals surface area contributed by atoms with Crippen LogP contribution in [0.2, 0.25) is 0 Å². The van der Waals surface area contributed by atoms with Crippen LogP contribution in [0.1, 0.15) is 49.6 Å². The average molecular weight is 700 g/mol. The monoisotopic (exact) mass is 698 g/mol. The molecule has 212 valence electrons. The van der Waals surface area contributed by atoms with Gasteiger partial charge in [0.1, 0.15) is 17.3 Å². The molecule has 2 aromatic carbocycles. The number of aryl methyl sites for hydroxylation is 1. The molecular weight excluding hydrogens is 672 g/mol. The predicted octanol–water partition coefficient (Wildman–Crippen LogP) is 6.68. The summed E-state index contributed by atoms with van der Waals surface area (Å²) in [7, 11) is 1.59. The Morgan fingerprint density at radius 3 is 2.61 bits per heavy atom. The summed E-state index contributed by atoms with van der Waals surface area (Å²) < 4.78 is 20.7. The minimum absolute atomic E-state index is 0.211. The van der Waals surface area contributed by atoms with Gasteiger partial charge in [0.05, 0.1) is 40.0 Å². The van der Waals surface area contributed by atoms with Gasteiger partial charge in [0.2, 0.25) is 0 Å². The number of fused-ring (bicyclic) bond motifs is 1. The second-order valence-corrected chi connectivity index (χ2v) is 12.2. The highest BCUT2D eigenvalue weighted by molar-refractivity contribution is 9.11. The highest BCUT2D eigenvalue weighted by Crippen LogP contribution is 2.36. The maximum atomic E-state index is 14.0. The Kier molecular flexibility index (Phi) is 8.82. The van der Waals surface area contributed by atoms with Crippen LogP contribution < -0.4 is 19.6 Å². The minimum atomic E-state index is -0.716. The highest BCUT2D eigenvalue weighted by atomic mass is 79.9. The fourth-order valence-electron chi connectivity index (χ4n) is 4.81. The predicted molar refractivity (Wildman–Crippen MR) is 167 cm³/mol. The molecule has 1 unspecified atom stereocenters. The van der Waals surface area contributed by atoms with E-state index in [0.717, 1.165) is 27.6 Å². The van der Waals surface area contributed by atoms with E-state index in [1.165, 1.54) is 11.3 Å². The number of carbonyl (C=O) groups excluding carboxylic acids is 1. The molecule has 0 bridgehead atoms. The van der Waals surface area contributed by atoms with Crippen molar-refractivity contribution < 1.29 is 18.7 Å². The Morgan fingerprint density at radius 2 is 1.93 bits per heavy atom. The lowest BCUT2D eigenvalue weighted by Crippen LogP contribution is -2.40. The topological polar surface area (TPSA) is 83.0 Å². The summed E-state index contributed by atoms with van der Waals surface area (Å²) in [6.07, 6.45) is 3.07. The summed E-state index contributed by atoms with van der Waals surface area (Å²) >= 11 is 8.44. The van der Waals surface area contributed by atoms with Crippen molar-refractivity contribution in [3.63, 3.8) is 0 Å². The van der Waals surface area contributed by atoms with E-state index in [9.17, 15) is 9.59 Å². The summed E-state index contributed by atoms with van der Waals surface area (Å²) in [6.45, 7) is 6.03. The first-order valence-corrected chi connectivity index (χ1v) is 15.6. The van der Waals surface area contributed by atoms with E-state index < -0.39 is 12.0 Å². The molecule has 0 spiro atoms. The lowest BCUT2D eigenvalue weighted by molar-refractivity contribution is -0.139. The van der Waals surface area contributed by atoms with Gasteiger partial charge >= 0.3 is 5.97 Å². The summed E-state index contributed by atoms with van der Waals surface area (Å²) in [4.78, 5) is 32.7. The zero-order valence-electron chi connectivity index (χ0n) is 23.0. The third-order valence-electron chi connectivity index (χ3n) is 6.67. The highest BCUT2D eigenvalue weighted by Gasteiger charge is 2.34. The van der Waals surface area contributed by atoms with E-state index in [2.05, 4.69) is 31.9 Å². The van der Waals surface area contributed by atoms with Crippen LogP contribution in [0.15, 0.2) is 83.0 Å². The molecule has 41 heavy (non-hydrogen) atoms. The van der Waals surface area contributed by atoms with Gasteiger partial charge in [-0.1, -0.05) is 52.7 Å². The van der Waals surface area contributed by atoms with Crippen LogP contribution in [0.25, 0.3) is 17.4 Å². The van der Waals surface area contributed by atoms with E-state index in [4.69, 9.17) is 18.9 Å². The number of methoxy groups -OCH3 is 1. The number of hydrogen-bond acceptors (Lipinski definition) is 7. The van der Waals surface area contributed by atoms with Gasteiger partial charge in [0.25, 0.3) is 5.56 Å². The van der Waals surface area contributed by atoms with E-state index in [0.29, 0.717) is 48.8 Å². The van der Waals surface area contributed by atoms with Crippen molar-refractivity contribution >= 4 is 55.2 Å². The van der Waals surface area contributed by atoms with Gasteiger partial charge in [0, 0.05) is 16.1 Å². The Hall–Kier alpha value is -3.21. The fourth-order valence-corrected chi connectivity index (χ4v) is 7.06. The molecule has 0 radical (unpaired) electrons. The molecule has 4 aromatic rings. The molecule has 3 heterocycles. The number of furan rings is 1. The van der Waals surface area contributed by atoms with Crippen LogP contribution >= 0.6 is 43.2 Å². The minimum Gasteiger partial charge on any atom is -0.496 e. The van der Waals surface area contributed by atoms with Gasteiger partial charge in [-0.25, -0.2) is 9.79 Å². The normalized spacial score (nSPS) is 15.1. The van der Waals surface area contributed by atoms with E-state index in [1.807, 2.05) is 62.4 Å². The third-order valence-corrected chi connectivity index (χ3v) is 8.93. The molecule has 0 aliphatic carbocycles. The van der Waals surface area contributed by atoms with Crippen LogP contribution in [-0.4, -0.2) is 24.3 Å². The molecule has 1 aliphatic heterocycles. The molecule has 1 aliphatic rings. The fraction of sp³-hybridized carbons (Fsp3) is 0.258. The van der Waals surface area contributed by atoms with Gasteiger partial charge in [-0.15, -0.1) is 0 Å². The third kappa shape index (κ3) is 5.78. The number of hydrogen-bond donors (Lipinski definition) is 0. The van der Waals surface area contributed by atoms with Crippen molar-refractivity contribution in [1.82, 2.24) is 4.57 Å². The number of rotatable bonds is 8. The molecule has 2 aromatic heterocycles. The van der Waals surface area contributed by atoms with Crippen molar-refractivity contribution in [3.05, 3.63) is 105 Å². The van der Waals surface area contributed by atoms with Crippen molar-refractivity contribution in [2.24, 2.45) is 4.99 Å². The Bertz CT molecular complexity index is 1850. The Labute approximate surface area is 258 Å². The summed E-state index contributed by atoms with van der Waals surface area (Å²) in [5.74, 6) is 1.39. The number of benzene rings is 2. The molecule has 0 N–H and O–H groups in total. The summed E-state index contributed by atoms with van der Waals surface area (Å²) in [5.41, 5.74) is 3.52. The first-order valence-electron chi connectivity index (χ1n) is 13.2. The summed E-state index contributed by atoms with van der Waals surface area (Å²) in [6, 6.07) is 14.6. The molecule has 10 heteroatoms. The second kappa shape index (κ2) is 12.3. The van der Waals surface area contributed by atoms with Crippen molar-refractivity contribution in [1.29, 1.82) is 0 Å². The number of thiazole rings is 1. The zero-order valence-corrected chi connectivity index (χ0v) is 27.0. The van der Waals surface area contributed by atoms with Crippen LogP contribution in [0, 0.1) is 6.92 Å². The molecule has 0 saturated heterocycles. The first-order chi connectivity index (χ1) is 19.7. The smallest absolute Gasteiger partial charge is 0.338 e. The number of halogens is 2. The summed E-state index contributed by atoms with van der Waals surface area (Å²) in [5, 5.41) is 0. The zero-order chi connectivity index (χ0) is 29.3. The van der Waals surface area contributed by atoms with Crippen molar-refractivity contribution in [3.8, 4) is 17.1 Å². The first kappa shape index (κ1) is 29.3. The van der Waals surface area contributed by atoms with E-state index >= 15 is 0 Å². The lowest BCUT2D eigenvalue weighted by Gasteiger charge is -2.26. The number of nitrogens with zero attached hydrogens (tertiary/aromatic N) is 2. The van der Waals surface area contributed by atoms with Gasteiger partial charge in [0.15, 0.2) is 4.80 Å². The Balaban J connectivity index is 1.68. The number of aromatic nitrogens is 1. The van der Waals surface area contributed by atoms with Crippen LogP contribution in [0.4, 0.5) is 0 Å². The maximum Gasteiger partial charge on any atom is 0.338 e. The van der Waals surface area contributed by atoms with Crippen molar-refractivity contribution in [2.75, 3.05) is 13.7 Å². The molecule has 5 rings (SSSR count). The quantitative estimate of drug-likeness (QED) is 0.192. The van der Waals surface area contributed by atoms with Crippen LogP contribution in [-0.2, 0) is 9.53 Å². The van der Waals surface area contributed by atoms with E-state index in [1.54, 1.807) is 24.7 Å². The van der Waals surface area contributed by atoms with E-state index in [-0.39, 0.29) is 12.2 Å². The number of carbonyl (C=O) groups is 1. The van der Waals surface area contributed by atoms with Crippen LogP contribution in [0.5, 0.6) is 5.75 Å². The number of allylic oxidation sites excluding steroid dienone is 1. The molecular formula is C31H28Br2N2O5S. The molecule has 0 fully saturated rings. The lowest BCUT2D eigenvalue weighted by atomic mass is 9.94. The van der Waals surface area contributed by atoms with Gasteiger partial charge in [-0.05, 0) is 83.7 Å². The van der Waals surface area contributed by atoms with Crippen molar-refractivity contribution in [2.45, 2.75) is 39.7 Å². The molecule has 1 atom stereocenters. The molecule has 7 nitrogen and oxygen atoms in total. The maximum absolute atomic E-state index is 14.0. The van der Waals surface area contributed by atoms with Gasteiger partial charge in [-0.2, -0.15) is 0 Å². The van der Waals surface area contributed by atoms with Crippen LogP contribution in [0.3, 0.4) is 0 Å². The average Bonchev–Trinajstić information content (AvgIpc) is 3.52. The second-order valence-electron chi connectivity index (χ2n) is 9.49. The largest absolute Gasteiger partial charge is 0.496 e. The molecule has 0 amide bonds. The van der Waals surface area contributed by atoms with Gasteiger partial charge < -0.3 is 13.9 Å². The van der Waals surface area contributed by atoms with Gasteiger partial charge in [-0.3, -0.25) is 9.36 Å². The Morgan fingerprint density at radius 1 is 1.12 bits per heavy atom. The standard InChI is InChI=1S/C31H28Br2N2O5S/c1-5-7-23-27(30(37)39-6-2)28(18-9-12-25(38-4)22(33)15-18)35-29(36)26(41-31(35)34-23)16-19-10-13-24(40-19)20-11-8-17(3)14-21(20)32/h8-16,28H,5-7H2,1-4H3/b26-16-. The number of esters is 1. The SMILES string of the molecule is CCCC1=C(C(=O)OCC)C(c2ccc(OC)c(Br)c2)n2c(s/c(=C\c3ccc(-c4ccc(C)cc4Br)o3)c2=O)=N1.